The molecule has 0 aromatic carbocycles. The third kappa shape index (κ3) is 29.7. The van der Waals surface area contributed by atoms with Gasteiger partial charge in [-0.15, -0.1) is 0 Å². The molecule has 0 rings (SSSR count). The fraction of sp³-hybridized carbons (Fsp3) is 0.914. The van der Waals surface area contributed by atoms with Gasteiger partial charge in [-0.1, -0.05) is 158 Å². The van der Waals surface area contributed by atoms with E-state index in [1.807, 2.05) is 6.92 Å². The van der Waals surface area contributed by atoms with Crippen LogP contribution in [0.25, 0.3) is 0 Å². The molecule has 1 N–H and O–H groups in total. The third-order valence-electron chi connectivity index (χ3n) is 7.48. The van der Waals surface area contributed by atoms with Crippen LogP contribution in [0.1, 0.15) is 190 Å². The summed E-state index contributed by atoms with van der Waals surface area (Å²) in [4.78, 5) is 23.0. The Morgan fingerprint density at radius 1 is 0.579 bits per heavy atom. The summed E-state index contributed by atoms with van der Waals surface area (Å²) in [5, 5.41) is 8.18. The smallest absolute Gasteiger partial charge is 0.306 e. The Bertz CT molecular complexity index is 444. The molecule has 3 heteroatoms. The SMILES string of the molecule is CCC(C)C(=O)O.CCCCCCCC(CCC)C(=O)C(CCC)CCCCCCC.CC[CH]CCCC. The van der Waals surface area contributed by atoms with Crippen LogP contribution in [0.15, 0.2) is 0 Å². The summed E-state index contributed by atoms with van der Waals surface area (Å²) in [5.41, 5.74) is 0. The molecule has 0 saturated carbocycles. The first-order chi connectivity index (χ1) is 18.3. The maximum atomic E-state index is 13.1. The van der Waals surface area contributed by atoms with Gasteiger partial charge in [-0.2, -0.15) is 0 Å². The van der Waals surface area contributed by atoms with Crippen molar-refractivity contribution in [1.82, 2.24) is 0 Å². The van der Waals surface area contributed by atoms with Crippen LogP contribution in [0.5, 0.6) is 0 Å². The minimum atomic E-state index is -0.706. The van der Waals surface area contributed by atoms with Gasteiger partial charge in [-0.3, -0.25) is 9.59 Å². The van der Waals surface area contributed by atoms with Crippen LogP contribution in [-0.2, 0) is 9.59 Å². The van der Waals surface area contributed by atoms with Crippen molar-refractivity contribution in [3.63, 3.8) is 0 Å². The van der Waals surface area contributed by atoms with Crippen molar-refractivity contribution in [2.24, 2.45) is 17.8 Å². The fourth-order valence-corrected chi connectivity index (χ4v) is 4.60. The van der Waals surface area contributed by atoms with Crippen molar-refractivity contribution in [2.45, 2.75) is 190 Å². The van der Waals surface area contributed by atoms with Crippen molar-refractivity contribution in [1.29, 1.82) is 0 Å². The summed E-state index contributed by atoms with van der Waals surface area (Å²) < 4.78 is 0. The van der Waals surface area contributed by atoms with Crippen molar-refractivity contribution < 1.29 is 14.7 Å². The van der Waals surface area contributed by atoms with Crippen LogP contribution in [0, 0.1) is 24.2 Å². The summed E-state index contributed by atoms with van der Waals surface area (Å²) in [5.74, 6) is 0.430. The van der Waals surface area contributed by atoms with E-state index in [2.05, 4.69) is 48.0 Å². The quantitative estimate of drug-likeness (QED) is 0.124. The number of carbonyl (C=O) groups excluding carboxylic acids is 1. The van der Waals surface area contributed by atoms with Gasteiger partial charge < -0.3 is 5.11 Å². The number of hydrogen-bond donors (Lipinski definition) is 1. The number of carboxylic acid groups (broad SMARTS) is 1. The van der Waals surface area contributed by atoms with Crippen LogP contribution in [-0.4, -0.2) is 16.9 Å². The number of carbonyl (C=O) groups is 2. The highest BCUT2D eigenvalue weighted by molar-refractivity contribution is 5.83. The van der Waals surface area contributed by atoms with Crippen molar-refractivity contribution in [3.8, 4) is 0 Å². The lowest BCUT2D eigenvalue weighted by atomic mass is 9.81. The molecule has 3 atom stereocenters. The topological polar surface area (TPSA) is 54.4 Å². The zero-order valence-electron chi connectivity index (χ0n) is 27.4. The second-order valence-electron chi connectivity index (χ2n) is 11.3. The van der Waals surface area contributed by atoms with Gasteiger partial charge in [-0.05, 0) is 38.5 Å². The predicted molar refractivity (Wildman–Crippen MR) is 170 cm³/mol. The highest BCUT2D eigenvalue weighted by atomic mass is 16.4. The van der Waals surface area contributed by atoms with E-state index in [1.165, 1.54) is 89.9 Å². The number of rotatable bonds is 24. The lowest BCUT2D eigenvalue weighted by molar-refractivity contribution is -0.141. The number of carboxylic acids is 1. The van der Waals surface area contributed by atoms with Gasteiger partial charge in [0.15, 0.2) is 0 Å². The molecule has 3 nitrogen and oxygen atoms in total. The van der Waals surface area contributed by atoms with E-state index in [-0.39, 0.29) is 5.92 Å². The monoisotopic (exact) mass is 540 g/mol. The molecule has 0 fully saturated rings. The van der Waals surface area contributed by atoms with E-state index in [9.17, 15) is 9.59 Å². The molecule has 0 aliphatic heterocycles. The first-order valence-corrected chi connectivity index (χ1v) is 16.9. The standard InChI is InChI=1S/C23H46O.C7H15.C5H10O2/c1-5-9-11-13-15-19-21(17-7-3)23(24)22(18-8-4)20-16-14-12-10-6-2;1-3-5-7-6-4-2;1-3-4(2)5(6)7/h21-22H,5-20H2,1-4H3;5H,3-4,6-7H2,1-2H3;4H,3H2,1-2H3,(H,6,7). The Hall–Kier alpha value is -0.860. The Balaban J connectivity index is -0.000000710. The molecule has 0 heterocycles. The number of Topliss-reactive ketones (excluding diaryl/α,β-unsaturated/α-hetero) is 1. The first-order valence-electron chi connectivity index (χ1n) is 16.9. The average Bonchev–Trinajstić information content (AvgIpc) is 2.91. The van der Waals surface area contributed by atoms with Gasteiger partial charge in [0.2, 0.25) is 0 Å². The van der Waals surface area contributed by atoms with Gasteiger partial charge in [0.05, 0.1) is 5.92 Å². The summed E-state index contributed by atoms with van der Waals surface area (Å²) in [6.45, 7) is 17.0. The zero-order chi connectivity index (χ0) is 29.4. The molecule has 229 valence electrons. The number of hydrogen-bond acceptors (Lipinski definition) is 2. The van der Waals surface area contributed by atoms with Crippen LogP contribution in [0.2, 0.25) is 0 Å². The van der Waals surface area contributed by atoms with Crippen LogP contribution < -0.4 is 0 Å². The second kappa shape index (κ2) is 34.2. The third-order valence-corrected chi connectivity index (χ3v) is 7.48. The average molecular weight is 540 g/mol. The molecule has 0 aromatic rings. The molecule has 0 bridgehead atoms. The molecule has 3 unspecified atom stereocenters. The van der Waals surface area contributed by atoms with Gasteiger partial charge >= 0.3 is 5.97 Å². The molecule has 0 saturated heterocycles. The lowest BCUT2D eigenvalue weighted by Crippen LogP contribution is -2.24. The maximum absolute atomic E-state index is 13.1. The molecule has 0 aliphatic rings. The van der Waals surface area contributed by atoms with Gasteiger partial charge in [0.25, 0.3) is 0 Å². The van der Waals surface area contributed by atoms with Crippen molar-refractivity contribution in [3.05, 3.63) is 6.42 Å². The number of unbranched alkanes of at least 4 members (excludes halogenated alkanes) is 12. The highest BCUT2D eigenvalue weighted by Gasteiger charge is 2.25. The Morgan fingerprint density at radius 3 is 1.29 bits per heavy atom. The zero-order valence-corrected chi connectivity index (χ0v) is 27.4. The Labute approximate surface area is 240 Å². The van der Waals surface area contributed by atoms with Crippen LogP contribution in [0.4, 0.5) is 0 Å². The molecule has 0 aromatic heterocycles. The molecule has 0 aliphatic carbocycles. The largest absolute Gasteiger partial charge is 0.481 e. The van der Waals surface area contributed by atoms with Gasteiger partial charge in [0, 0.05) is 11.8 Å². The summed E-state index contributed by atoms with van der Waals surface area (Å²) >= 11 is 0. The molecule has 1 radical (unpaired) electrons. The van der Waals surface area contributed by atoms with Gasteiger partial charge in [-0.25, -0.2) is 0 Å². The van der Waals surface area contributed by atoms with Crippen LogP contribution in [0.3, 0.4) is 0 Å². The maximum Gasteiger partial charge on any atom is 0.306 e. The second-order valence-corrected chi connectivity index (χ2v) is 11.3. The molecular weight excluding hydrogens is 468 g/mol. The van der Waals surface area contributed by atoms with Gasteiger partial charge in [0.1, 0.15) is 5.78 Å². The van der Waals surface area contributed by atoms with E-state index in [0.29, 0.717) is 17.6 Å². The minimum absolute atomic E-state index is 0.181. The molecule has 38 heavy (non-hydrogen) atoms. The van der Waals surface area contributed by atoms with Crippen molar-refractivity contribution >= 4 is 11.8 Å². The molecule has 0 spiro atoms. The fourth-order valence-electron chi connectivity index (χ4n) is 4.60. The van der Waals surface area contributed by atoms with E-state index in [0.717, 1.165) is 44.9 Å². The predicted octanol–water partition coefficient (Wildman–Crippen LogP) is 12.0. The summed E-state index contributed by atoms with van der Waals surface area (Å²) in [6.07, 6.45) is 28.3. The van der Waals surface area contributed by atoms with Crippen molar-refractivity contribution in [2.75, 3.05) is 0 Å². The molecule has 0 amide bonds. The highest BCUT2D eigenvalue weighted by Crippen LogP contribution is 2.26. The van der Waals surface area contributed by atoms with Crippen LogP contribution >= 0.6 is 0 Å². The Morgan fingerprint density at radius 2 is 1.00 bits per heavy atom. The van der Waals surface area contributed by atoms with E-state index >= 15 is 0 Å². The number of ketones is 1. The van der Waals surface area contributed by atoms with E-state index < -0.39 is 5.97 Å². The lowest BCUT2D eigenvalue weighted by Gasteiger charge is -2.22. The first kappa shape index (κ1) is 41.6. The van der Waals surface area contributed by atoms with E-state index in [4.69, 9.17) is 5.11 Å². The number of aliphatic carboxylic acids is 1. The normalized spacial score (nSPS) is 12.9. The summed E-state index contributed by atoms with van der Waals surface area (Å²) in [6, 6.07) is 0. The minimum Gasteiger partial charge on any atom is -0.481 e. The van der Waals surface area contributed by atoms with E-state index in [1.54, 1.807) is 6.92 Å². The summed E-state index contributed by atoms with van der Waals surface area (Å²) in [7, 11) is 0. The Kier molecular flexibility index (Phi) is 37.4. The molecular formula is C35H71O3.